The van der Waals surface area contributed by atoms with Crippen molar-refractivity contribution >= 4 is 11.9 Å². The van der Waals surface area contributed by atoms with Crippen LogP contribution in [-0.2, 0) is 9.53 Å². The first-order valence-electron chi connectivity index (χ1n) is 9.44. The Morgan fingerprint density at radius 1 is 1.14 bits per heavy atom. The molecule has 8 heteroatoms. The van der Waals surface area contributed by atoms with Crippen LogP contribution in [0.4, 0.5) is 0 Å². The molecule has 8 nitrogen and oxygen atoms in total. The van der Waals surface area contributed by atoms with Gasteiger partial charge in [0.1, 0.15) is 0 Å². The van der Waals surface area contributed by atoms with Gasteiger partial charge in [-0.1, -0.05) is 25.1 Å². The van der Waals surface area contributed by atoms with E-state index in [2.05, 4.69) is 16.9 Å². The number of nitrogens with zero attached hydrogens (tertiary/aromatic N) is 4. The summed E-state index contributed by atoms with van der Waals surface area (Å²) in [7, 11) is 1.46. The van der Waals surface area contributed by atoms with Crippen molar-refractivity contribution in [3.8, 4) is 11.4 Å². The molecule has 150 valence electrons. The maximum absolute atomic E-state index is 12.6. The van der Waals surface area contributed by atoms with E-state index in [1.165, 1.54) is 7.11 Å². The number of likely N-dealkylation sites (N-methyl/N-ethyl adjacent to an activating group) is 1. The monoisotopic (exact) mass is 386 g/mol. The zero-order valence-electron chi connectivity index (χ0n) is 16.5. The van der Waals surface area contributed by atoms with Gasteiger partial charge < -0.3 is 19.3 Å². The molecule has 0 saturated carbocycles. The summed E-state index contributed by atoms with van der Waals surface area (Å²) >= 11 is 0. The van der Waals surface area contributed by atoms with Crippen LogP contribution in [0, 0.1) is 0 Å². The lowest BCUT2D eigenvalue weighted by Crippen LogP contribution is -2.51. The van der Waals surface area contributed by atoms with Crippen molar-refractivity contribution < 1.29 is 19.1 Å². The first kappa shape index (κ1) is 19.9. The predicted octanol–water partition coefficient (Wildman–Crippen LogP) is 1.59. The maximum atomic E-state index is 12.6. The summed E-state index contributed by atoms with van der Waals surface area (Å²) in [6.07, 6.45) is 0.731. The number of amides is 1. The number of rotatable bonds is 6. The molecule has 0 radical (unpaired) electrons. The lowest BCUT2D eigenvalue weighted by Gasteiger charge is -2.35. The highest BCUT2D eigenvalue weighted by Gasteiger charge is 2.29. The van der Waals surface area contributed by atoms with Crippen LogP contribution in [-0.4, -0.2) is 77.4 Å². The normalized spacial score (nSPS) is 15.9. The van der Waals surface area contributed by atoms with E-state index in [0.29, 0.717) is 18.8 Å². The molecular weight excluding hydrogens is 360 g/mol. The molecule has 1 amide bonds. The number of aromatic nitrogens is 2. The van der Waals surface area contributed by atoms with Crippen molar-refractivity contribution in [3.05, 3.63) is 42.2 Å². The standard InChI is InChI=1S/C20H26N4O4/c1-4-22-10-12-23(13-11-22)19(25)15(2)28-20(26)18-17(27-3)14-24(21-18)16-8-6-5-7-9-16/h5-9,14-15H,4,10-13H2,1-3H3/t15-/m0/s1. The quantitative estimate of drug-likeness (QED) is 0.702. The van der Waals surface area contributed by atoms with Crippen LogP contribution >= 0.6 is 0 Å². The Balaban J connectivity index is 1.67. The molecule has 0 bridgehead atoms. The average Bonchev–Trinajstić information content (AvgIpc) is 3.18. The number of carbonyl (C=O) groups is 2. The number of ether oxygens (including phenoxy) is 2. The second kappa shape index (κ2) is 8.88. The van der Waals surface area contributed by atoms with Crippen molar-refractivity contribution in [3.63, 3.8) is 0 Å². The number of esters is 1. The van der Waals surface area contributed by atoms with Crippen molar-refractivity contribution in [2.45, 2.75) is 20.0 Å². The van der Waals surface area contributed by atoms with Gasteiger partial charge in [0.05, 0.1) is 19.0 Å². The Kier molecular flexibility index (Phi) is 6.30. The summed E-state index contributed by atoms with van der Waals surface area (Å²) < 4.78 is 12.2. The SMILES string of the molecule is CCN1CCN(C(=O)[C@H](C)OC(=O)c2nn(-c3ccccc3)cc2OC)CC1. The molecule has 0 unspecified atom stereocenters. The van der Waals surface area contributed by atoms with E-state index < -0.39 is 12.1 Å². The van der Waals surface area contributed by atoms with Gasteiger partial charge in [0.25, 0.3) is 5.91 Å². The highest BCUT2D eigenvalue weighted by atomic mass is 16.6. The molecular formula is C20H26N4O4. The van der Waals surface area contributed by atoms with Gasteiger partial charge in [0.2, 0.25) is 5.69 Å². The minimum atomic E-state index is -0.882. The third kappa shape index (κ3) is 4.33. The van der Waals surface area contributed by atoms with E-state index in [9.17, 15) is 9.59 Å². The fourth-order valence-corrected chi connectivity index (χ4v) is 3.17. The van der Waals surface area contributed by atoms with Gasteiger partial charge in [0.15, 0.2) is 11.9 Å². The Hall–Kier alpha value is -2.87. The predicted molar refractivity (Wildman–Crippen MR) is 104 cm³/mol. The second-order valence-electron chi connectivity index (χ2n) is 6.63. The fourth-order valence-electron chi connectivity index (χ4n) is 3.17. The summed E-state index contributed by atoms with van der Waals surface area (Å²) in [4.78, 5) is 29.2. The van der Waals surface area contributed by atoms with Crippen LogP contribution in [0.15, 0.2) is 36.5 Å². The molecule has 1 aliphatic heterocycles. The molecule has 1 aromatic carbocycles. The molecule has 0 spiro atoms. The minimum Gasteiger partial charge on any atom is -0.493 e. The first-order valence-corrected chi connectivity index (χ1v) is 9.44. The molecule has 0 N–H and O–H groups in total. The largest absolute Gasteiger partial charge is 0.493 e. The molecule has 2 aromatic rings. The Morgan fingerprint density at radius 3 is 2.43 bits per heavy atom. The topological polar surface area (TPSA) is 76.9 Å². The molecule has 1 aliphatic rings. The van der Waals surface area contributed by atoms with Gasteiger partial charge in [-0.3, -0.25) is 4.79 Å². The number of hydrogen-bond acceptors (Lipinski definition) is 6. The molecule has 3 rings (SSSR count). The van der Waals surface area contributed by atoms with Crippen LogP contribution in [0.2, 0.25) is 0 Å². The van der Waals surface area contributed by atoms with Gasteiger partial charge in [-0.25, -0.2) is 9.48 Å². The third-order valence-corrected chi connectivity index (χ3v) is 4.88. The van der Waals surface area contributed by atoms with Crippen LogP contribution < -0.4 is 4.74 Å². The van der Waals surface area contributed by atoms with Crippen molar-refractivity contribution in [2.75, 3.05) is 39.8 Å². The zero-order chi connectivity index (χ0) is 20.1. The molecule has 1 saturated heterocycles. The lowest BCUT2D eigenvalue weighted by molar-refractivity contribution is -0.141. The van der Waals surface area contributed by atoms with Crippen molar-refractivity contribution in [2.24, 2.45) is 0 Å². The molecule has 0 aliphatic carbocycles. The lowest BCUT2D eigenvalue weighted by atomic mass is 10.2. The number of benzene rings is 1. The third-order valence-electron chi connectivity index (χ3n) is 4.88. The van der Waals surface area contributed by atoms with Gasteiger partial charge in [-0.05, 0) is 25.6 Å². The summed E-state index contributed by atoms with van der Waals surface area (Å²) in [5, 5.41) is 4.28. The number of carbonyl (C=O) groups excluding carboxylic acids is 2. The van der Waals surface area contributed by atoms with Crippen molar-refractivity contribution in [1.82, 2.24) is 19.6 Å². The zero-order valence-corrected chi connectivity index (χ0v) is 16.5. The summed E-state index contributed by atoms with van der Waals surface area (Å²) in [5.41, 5.74) is 0.833. The average molecular weight is 386 g/mol. The van der Waals surface area contributed by atoms with Crippen LogP contribution in [0.5, 0.6) is 5.75 Å². The molecule has 1 atom stereocenters. The molecule has 1 aromatic heterocycles. The second-order valence-corrected chi connectivity index (χ2v) is 6.63. The Labute approximate surface area is 164 Å². The molecule has 28 heavy (non-hydrogen) atoms. The smallest absolute Gasteiger partial charge is 0.363 e. The van der Waals surface area contributed by atoms with E-state index in [1.54, 1.807) is 22.7 Å². The van der Waals surface area contributed by atoms with Gasteiger partial charge in [0, 0.05) is 26.2 Å². The maximum Gasteiger partial charge on any atom is 0.363 e. The van der Waals surface area contributed by atoms with Gasteiger partial charge >= 0.3 is 5.97 Å². The summed E-state index contributed by atoms with van der Waals surface area (Å²) in [6.45, 7) is 7.60. The van der Waals surface area contributed by atoms with Crippen LogP contribution in [0.25, 0.3) is 5.69 Å². The van der Waals surface area contributed by atoms with E-state index in [1.807, 2.05) is 30.3 Å². The van der Waals surface area contributed by atoms with E-state index in [4.69, 9.17) is 9.47 Å². The Morgan fingerprint density at radius 2 is 1.82 bits per heavy atom. The number of piperazine rings is 1. The van der Waals surface area contributed by atoms with E-state index in [-0.39, 0.29) is 11.6 Å². The minimum absolute atomic E-state index is 0.0433. The molecule has 2 heterocycles. The van der Waals surface area contributed by atoms with Crippen molar-refractivity contribution in [1.29, 1.82) is 0 Å². The number of hydrogen-bond donors (Lipinski definition) is 0. The summed E-state index contributed by atoms with van der Waals surface area (Å²) in [6, 6.07) is 9.38. The fraction of sp³-hybridized carbons (Fsp3) is 0.450. The number of para-hydroxylation sites is 1. The van der Waals surface area contributed by atoms with Gasteiger partial charge in [-0.2, -0.15) is 5.10 Å². The highest BCUT2D eigenvalue weighted by molar-refractivity contribution is 5.93. The van der Waals surface area contributed by atoms with Crippen LogP contribution in [0.1, 0.15) is 24.3 Å². The molecule has 1 fully saturated rings. The van der Waals surface area contributed by atoms with Crippen LogP contribution in [0.3, 0.4) is 0 Å². The number of methoxy groups -OCH3 is 1. The first-order chi connectivity index (χ1) is 13.5. The highest BCUT2D eigenvalue weighted by Crippen LogP contribution is 2.21. The Bertz CT molecular complexity index is 813. The van der Waals surface area contributed by atoms with Gasteiger partial charge in [-0.15, -0.1) is 0 Å². The van der Waals surface area contributed by atoms with E-state index in [0.717, 1.165) is 25.3 Å². The van der Waals surface area contributed by atoms with E-state index >= 15 is 0 Å². The summed E-state index contributed by atoms with van der Waals surface area (Å²) in [5.74, 6) is -0.574.